The van der Waals surface area contributed by atoms with Gasteiger partial charge in [-0.25, -0.2) is 4.79 Å². The first-order valence-electron chi connectivity index (χ1n) is 6.72. The van der Waals surface area contributed by atoms with Gasteiger partial charge in [-0.3, -0.25) is 9.78 Å². The molecule has 2 heterocycles. The first kappa shape index (κ1) is 14.3. The first-order valence-corrected chi connectivity index (χ1v) is 6.72. The van der Waals surface area contributed by atoms with E-state index in [0.29, 0.717) is 19.5 Å². The van der Waals surface area contributed by atoms with Gasteiger partial charge >= 0.3 is 12.0 Å². The molecule has 0 spiro atoms. The molecule has 1 aliphatic rings. The smallest absolute Gasteiger partial charge is 0.317 e. The molecule has 0 bridgehead atoms. The number of carboxylic acids is 1. The second kappa shape index (κ2) is 6.36. The normalized spacial score (nSPS) is 21.8. The number of nitrogens with zero attached hydrogens (tertiary/aromatic N) is 2. The topological polar surface area (TPSA) is 82.5 Å². The number of hydrogen-bond acceptors (Lipinski definition) is 3. The van der Waals surface area contributed by atoms with Crippen molar-refractivity contribution in [2.75, 3.05) is 19.6 Å². The van der Waals surface area contributed by atoms with Crippen LogP contribution >= 0.6 is 0 Å². The van der Waals surface area contributed by atoms with Crippen LogP contribution in [0.3, 0.4) is 0 Å². The minimum atomic E-state index is -0.830. The number of likely N-dealkylation sites (tertiary alicyclic amines) is 1. The van der Waals surface area contributed by atoms with Crippen molar-refractivity contribution in [2.45, 2.75) is 13.3 Å². The van der Waals surface area contributed by atoms with Crippen LogP contribution in [0.1, 0.15) is 12.5 Å². The van der Waals surface area contributed by atoms with Crippen molar-refractivity contribution in [3.63, 3.8) is 0 Å². The molecule has 2 N–H and O–H groups in total. The fraction of sp³-hybridized carbons (Fsp3) is 0.500. The molecule has 6 nitrogen and oxygen atoms in total. The zero-order chi connectivity index (χ0) is 14.5. The van der Waals surface area contributed by atoms with Gasteiger partial charge in [0, 0.05) is 32.0 Å². The summed E-state index contributed by atoms with van der Waals surface area (Å²) < 4.78 is 0. The number of aromatic nitrogens is 1. The SMILES string of the molecule is C[C@@H]1CN(C(=O)NCCc2cccnc2)C[C@H]1C(=O)O. The third-order valence-electron chi connectivity index (χ3n) is 3.63. The van der Waals surface area contributed by atoms with E-state index in [1.165, 1.54) is 0 Å². The van der Waals surface area contributed by atoms with Crippen LogP contribution in [0, 0.1) is 11.8 Å². The van der Waals surface area contributed by atoms with Gasteiger partial charge in [0.05, 0.1) is 5.92 Å². The lowest BCUT2D eigenvalue weighted by Crippen LogP contribution is -2.39. The molecule has 1 saturated heterocycles. The van der Waals surface area contributed by atoms with Crippen molar-refractivity contribution >= 4 is 12.0 Å². The maximum atomic E-state index is 12.0. The van der Waals surface area contributed by atoms with Crippen molar-refractivity contribution in [3.05, 3.63) is 30.1 Å². The summed E-state index contributed by atoms with van der Waals surface area (Å²) in [7, 11) is 0. The zero-order valence-electron chi connectivity index (χ0n) is 11.5. The van der Waals surface area contributed by atoms with Gasteiger partial charge in [0.2, 0.25) is 0 Å². The summed E-state index contributed by atoms with van der Waals surface area (Å²) in [5, 5.41) is 11.9. The lowest BCUT2D eigenvalue weighted by molar-refractivity contribution is -0.142. The van der Waals surface area contributed by atoms with E-state index in [1.807, 2.05) is 19.1 Å². The van der Waals surface area contributed by atoms with Crippen molar-refractivity contribution in [2.24, 2.45) is 11.8 Å². The van der Waals surface area contributed by atoms with Crippen LogP contribution in [0.15, 0.2) is 24.5 Å². The van der Waals surface area contributed by atoms with E-state index in [9.17, 15) is 9.59 Å². The van der Waals surface area contributed by atoms with Gasteiger partial charge in [0.15, 0.2) is 0 Å². The van der Waals surface area contributed by atoms with Crippen molar-refractivity contribution in [1.29, 1.82) is 0 Å². The minimum Gasteiger partial charge on any atom is -0.481 e. The fourth-order valence-electron chi connectivity index (χ4n) is 2.43. The largest absolute Gasteiger partial charge is 0.481 e. The highest BCUT2D eigenvalue weighted by molar-refractivity contribution is 5.77. The summed E-state index contributed by atoms with van der Waals surface area (Å²) in [4.78, 5) is 28.6. The van der Waals surface area contributed by atoms with Crippen molar-refractivity contribution in [3.8, 4) is 0 Å². The quantitative estimate of drug-likeness (QED) is 0.859. The molecule has 0 aromatic carbocycles. The van der Waals surface area contributed by atoms with Crippen LogP contribution in [0.4, 0.5) is 4.79 Å². The number of carboxylic acid groups (broad SMARTS) is 1. The molecule has 0 unspecified atom stereocenters. The van der Waals surface area contributed by atoms with Gasteiger partial charge < -0.3 is 15.3 Å². The molecule has 20 heavy (non-hydrogen) atoms. The van der Waals surface area contributed by atoms with E-state index in [2.05, 4.69) is 10.3 Å². The Morgan fingerprint density at radius 1 is 1.50 bits per heavy atom. The Labute approximate surface area is 117 Å². The third kappa shape index (κ3) is 3.46. The van der Waals surface area contributed by atoms with Gasteiger partial charge in [-0.15, -0.1) is 0 Å². The Bertz CT molecular complexity index is 478. The Balaban J connectivity index is 1.77. The predicted molar refractivity (Wildman–Crippen MR) is 73.2 cm³/mol. The van der Waals surface area contributed by atoms with Crippen LogP contribution in [-0.4, -0.2) is 46.6 Å². The summed E-state index contributed by atoms with van der Waals surface area (Å²) in [6, 6.07) is 3.62. The molecule has 2 amide bonds. The molecular formula is C14H19N3O3. The monoisotopic (exact) mass is 277 g/mol. The van der Waals surface area contributed by atoms with E-state index in [-0.39, 0.29) is 18.5 Å². The van der Waals surface area contributed by atoms with Crippen LogP contribution in [0.2, 0.25) is 0 Å². The maximum absolute atomic E-state index is 12.0. The second-order valence-electron chi connectivity index (χ2n) is 5.17. The Kier molecular flexibility index (Phi) is 4.55. The van der Waals surface area contributed by atoms with Gasteiger partial charge in [0.1, 0.15) is 0 Å². The number of pyridine rings is 1. The summed E-state index contributed by atoms with van der Waals surface area (Å²) in [6.07, 6.45) is 4.19. The number of carbonyl (C=O) groups excluding carboxylic acids is 1. The number of aliphatic carboxylic acids is 1. The van der Waals surface area contributed by atoms with Gasteiger partial charge in [0.25, 0.3) is 0 Å². The lowest BCUT2D eigenvalue weighted by Gasteiger charge is -2.16. The lowest BCUT2D eigenvalue weighted by atomic mass is 9.99. The molecular weight excluding hydrogens is 258 g/mol. The van der Waals surface area contributed by atoms with Crippen LogP contribution in [0.25, 0.3) is 0 Å². The molecule has 1 aromatic rings. The minimum absolute atomic E-state index is 0.00317. The molecule has 0 radical (unpaired) electrons. The highest BCUT2D eigenvalue weighted by Crippen LogP contribution is 2.22. The number of rotatable bonds is 4. The van der Waals surface area contributed by atoms with E-state index in [0.717, 1.165) is 5.56 Å². The van der Waals surface area contributed by atoms with E-state index in [1.54, 1.807) is 17.3 Å². The van der Waals surface area contributed by atoms with E-state index < -0.39 is 11.9 Å². The van der Waals surface area contributed by atoms with Crippen LogP contribution in [-0.2, 0) is 11.2 Å². The predicted octanol–water partition coefficient (Wildman–Crippen LogP) is 0.986. The van der Waals surface area contributed by atoms with Crippen LogP contribution in [0.5, 0.6) is 0 Å². The molecule has 2 atom stereocenters. The van der Waals surface area contributed by atoms with Crippen molar-refractivity contribution < 1.29 is 14.7 Å². The van der Waals surface area contributed by atoms with E-state index in [4.69, 9.17) is 5.11 Å². The molecule has 1 aliphatic heterocycles. The standard InChI is InChI=1S/C14H19N3O3/c1-10-8-17(9-12(10)13(18)19)14(20)16-6-4-11-3-2-5-15-7-11/h2-3,5,7,10,12H,4,6,8-9H2,1H3,(H,16,20)(H,18,19)/t10-,12-/m1/s1. The summed E-state index contributed by atoms with van der Waals surface area (Å²) in [6.45, 7) is 3.17. The summed E-state index contributed by atoms with van der Waals surface area (Å²) >= 11 is 0. The second-order valence-corrected chi connectivity index (χ2v) is 5.17. The Morgan fingerprint density at radius 2 is 2.30 bits per heavy atom. The number of urea groups is 1. The van der Waals surface area contributed by atoms with E-state index >= 15 is 0 Å². The molecule has 0 aliphatic carbocycles. The molecule has 6 heteroatoms. The molecule has 1 aromatic heterocycles. The Hall–Kier alpha value is -2.11. The van der Waals surface area contributed by atoms with Gasteiger partial charge in [-0.1, -0.05) is 13.0 Å². The third-order valence-corrected chi connectivity index (χ3v) is 3.63. The van der Waals surface area contributed by atoms with Gasteiger partial charge in [-0.05, 0) is 24.0 Å². The number of hydrogen-bond donors (Lipinski definition) is 2. The van der Waals surface area contributed by atoms with Crippen molar-refractivity contribution in [1.82, 2.24) is 15.2 Å². The number of amides is 2. The number of nitrogens with one attached hydrogen (secondary N) is 1. The molecule has 2 rings (SSSR count). The highest BCUT2D eigenvalue weighted by atomic mass is 16.4. The molecule has 0 saturated carbocycles. The number of carbonyl (C=O) groups is 2. The average Bonchev–Trinajstić information content (AvgIpc) is 2.82. The van der Waals surface area contributed by atoms with Gasteiger partial charge in [-0.2, -0.15) is 0 Å². The van der Waals surface area contributed by atoms with Crippen LogP contribution < -0.4 is 5.32 Å². The Morgan fingerprint density at radius 3 is 2.90 bits per heavy atom. The molecule has 108 valence electrons. The summed E-state index contributed by atoms with van der Waals surface area (Å²) in [5.41, 5.74) is 1.06. The highest BCUT2D eigenvalue weighted by Gasteiger charge is 2.36. The molecule has 1 fully saturated rings. The average molecular weight is 277 g/mol. The maximum Gasteiger partial charge on any atom is 0.317 e. The first-order chi connectivity index (χ1) is 9.58. The fourth-order valence-corrected chi connectivity index (χ4v) is 2.43. The zero-order valence-corrected chi connectivity index (χ0v) is 11.5. The summed E-state index contributed by atoms with van der Waals surface area (Å²) in [5.74, 6) is -1.29.